The minimum atomic E-state index is -1.78. The lowest BCUT2D eigenvalue weighted by Crippen LogP contribution is -2.68. The first kappa shape index (κ1) is 13.0. The minimum Gasteiger partial charge on any atom is -0.404 e. The van der Waals surface area contributed by atoms with E-state index in [1.807, 2.05) is 37.7 Å². The van der Waals surface area contributed by atoms with Crippen molar-refractivity contribution in [1.29, 1.82) is 0 Å². The van der Waals surface area contributed by atoms with Crippen LogP contribution in [0.3, 0.4) is 0 Å². The van der Waals surface area contributed by atoms with E-state index in [4.69, 9.17) is 4.43 Å². The maximum atomic E-state index is 11.6. The van der Waals surface area contributed by atoms with Crippen LogP contribution in [0.5, 0.6) is 0 Å². The van der Waals surface area contributed by atoms with E-state index in [-0.39, 0.29) is 17.9 Å². The molecule has 1 aliphatic carbocycles. The Morgan fingerprint density at radius 2 is 2.06 bits per heavy atom. The molecule has 1 heterocycles. The largest absolute Gasteiger partial charge is 0.404 e. The van der Waals surface area contributed by atoms with Crippen LogP contribution in [0.25, 0.3) is 0 Å². The molecule has 0 saturated carbocycles. The predicted molar refractivity (Wildman–Crippen MR) is 71.1 cm³/mol. The fourth-order valence-electron chi connectivity index (χ4n) is 2.15. The highest BCUT2D eigenvalue weighted by Gasteiger charge is 2.47. The Kier molecular flexibility index (Phi) is 3.39. The second-order valence-corrected chi connectivity index (χ2v) is 9.97. The standard InChI is InChI=1S/C13H17NO3Si/c1-18(2,3)17-12-11(14-13(12)16)10-7-5-4-6-9(10)8-15/h4-7,10-12H,1-3H3,(H,14,16). The molecule has 1 amide bonds. The Labute approximate surface area is 108 Å². The third kappa shape index (κ3) is 2.53. The average Bonchev–Trinajstić information content (AvgIpc) is 2.32. The molecule has 0 aromatic carbocycles. The Morgan fingerprint density at radius 1 is 1.33 bits per heavy atom. The first-order chi connectivity index (χ1) is 8.42. The highest BCUT2D eigenvalue weighted by molar-refractivity contribution is 6.70. The summed E-state index contributed by atoms with van der Waals surface area (Å²) in [5, 5.41) is 2.82. The van der Waals surface area contributed by atoms with Crippen molar-refractivity contribution < 1.29 is 14.0 Å². The Hall–Kier alpha value is -1.42. The second-order valence-electron chi connectivity index (χ2n) is 5.51. The normalized spacial score (nSPS) is 30.7. The van der Waals surface area contributed by atoms with Crippen molar-refractivity contribution >= 4 is 20.2 Å². The molecule has 1 N–H and O–H groups in total. The number of carbonyl (C=O) groups excluding carboxylic acids is 2. The summed E-state index contributed by atoms with van der Waals surface area (Å²) in [6.07, 6.45) is 6.87. The molecule has 0 aromatic rings. The molecule has 0 radical (unpaired) electrons. The highest BCUT2D eigenvalue weighted by Crippen LogP contribution is 2.29. The molecule has 0 aromatic heterocycles. The summed E-state index contributed by atoms with van der Waals surface area (Å²) in [5.74, 6) is 1.71. The Bertz CT molecular complexity index is 469. The zero-order valence-electron chi connectivity index (χ0n) is 10.8. The second kappa shape index (κ2) is 4.69. The lowest BCUT2D eigenvalue weighted by Gasteiger charge is -2.43. The SMILES string of the molecule is C[Si](C)(C)OC1C(=O)NC1C1C=CC=CC1=C=O. The van der Waals surface area contributed by atoms with Gasteiger partial charge in [0.25, 0.3) is 0 Å². The van der Waals surface area contributed by atoms with Crippen molar-refractivity contribution in [2.45, 2.75) is 31.8 Å². The summed E-state index contributed by atoms with van der Waals surface area (Å²) in [6.45, 7) is 6.13. The average molecular weight is 263 g/mol. The molecule has 2 aliphatic rings. The van der Waals surface area contributed by atoms with Crippen LogP contribution in [0.4, 0.5) is 0 Å². The molecule has 3 unspecified atom stereocenters. The Balaban J connectivity index is 2.14. The van der Waals surface area contributed by atoms with Gasteiger partial charge in [-0.25, -0.2) is 4.79 Å². The summed E-state index contributed by atoms with van der Waals surface area (Å²) in [5.41, 5.74) is 0.562. The van der Waals surface area contributed by atoms with Gasteiger partial charge in [0.05, 0.1) is 6.04 Å². The quantitative estimate of drug-likeness (QED) is 0.473. The maximum Gasteiger partial charge on any atom is 0.250 e. The van der Waals surface area contributed by atoms with Crippen molar-refractivity contribution in [2.75, 3.05) is 0 Å². The van der Waals surface area contributed by atoms with E-state index < -0.39 is 14.4 Å². The van der Waals surface area contributed by atoms with Crippen molar-refractivity contribution in [3.8, 4) is 0 Å². The number of β-lactam (4-membered cyclic amide) rings is 1. The van der Waals surface area contributed by atoms with E-state index in [1.165, 1.54) is 0 Å². The summed E-state index contributed by atoms with van der Waals surface area (Å²) < 4.78 is 5.87. The van der Waals surface area contributed by atoms with Gasteiger partial charge in [0.1, 0.15) is 12.0 Å². The summed E-state index contributed by atoms with van der Waals surface area (Å²) >= 11 is 0. The van der Waals surface area contributed by atoms with Crippen molar-refractivity contribution in [3.63, 3.8) is 0 Å². The van der Waals surface area contributed by atoms with E-state index >= 15 is 0 Å². The van der Waals surface area contributed by atoms with Crippen molar-refractivity contribution in [3.05, 3.63) is 29.9 Å². The molecule has 1 saturated heterocycles. The summed E-state index contributed by atoms with van der Waals surface area (Å²) in [7, 11) is -1.78. The van der Waals surface area contributed by atoms with Crippen molar-refractivity contribution in [1.82, 2.24) is 5.32 Å². The third-order valence-electron chi connectivity index (χ3n) is 2.94. The van der Waals surface area contributed by atoms with Crippen LogP contribution >= 0.6 is 0 Å². The van der Waals surface area contributed by atoms with Gasteiger partial charge in [0.2, 0.25) is 5.91 Å². The minimum absolute atomic E-state index is 0.0874. The van der Waals surface area contributed by atoms with E-state index in [0.29, 0.717) is 5.57 Å². The number of allylic oxidation sites excluding steroid dienone is 3. The number of carbonyl (C=O) groups is 1. The highest BCUT2D eigenvalue weighted by atomic mass is 28.4. The monoisotopic (exact) mass is 263 g/mol. The Morgan fingerprint density at radius 3 is 2.61 bits per heavy atom. The molecule has 2 rings (SSSR count). The fourth-order valence-corrected chi connectivity index (χ4v) is 3.16. The van der Waals surface area contributed by atoms with E-state index in [2.05, 4.69) is 5.32 Å². The molecule has 1 fully saturated rings. The van der Waals surface area contributed by atoms with Crippen LogP contribution < -0.4 is 5.32 Å². The number of hydrogen-bond donors (Lipinski definition) is 1. The molecule has 18 heavy (non-hydrogen) atoms. The number of amides is 1. The smallest absolute Gasteiger partial charge is 0.250 e. The molecular weight excluding hydrogens is 246 g/mol. The van der Waals surface area contributed by atoms with Gasteiger partial charge in [-0.15, -0.1) is 0 Å². The van der Waals surface area contributed by atoms with Crippen LogP contribution in [0.15, 0.2) is 29.9 Å². The molecule has 96 valence electrons. The summed E-state index contributed by atoms with van der Waals surface area (Å²) in [6, 6.07) is -0.151. The van der Waals surface area contributed by atoms with Gasteiger partial charge in [-0.2, -0.15) is 0 Å². The first-order valence-electron chi connectivity index (χ1n) is 6.00. The van der Waals surface area contributed by atoms with Crippen LogP contribution in [-0.2, 0) is 14.0 Å². The number of hydrogen-bond acceptors (Lipinski definition) is 3. The van der Waals surface area contributed by atoms with E-state index in [1.54, 1.807) is 12.2 Å². The van der Waals surface area contributed by atoms with Gasteiger partial charge < -0.3 is 9.74 Å². The van der Waals surface area contributed by atoms with Crippen LogP contribution in [0, 0.1) is 5.92 Å². The topological polar surface area (TPSA) is 55.4 Å². The molecule has 4 nitrogen and oxygen atoms in total. The van der Waals surface area contributed by atoms with E-state index in [9.17, 15) is 9.59 Å². The number of nitrogens with one attached hydrogen (secondary N) is 1. The third-order valence-corrected chi connectivity index (χ3v) is 3.90. The van der Waals surface area contributed by atoms with Gasteiger partial charge in [0, 0.05) is 11.5 Å². The predicted octanol–water partition coefficient (Wildman–Crippen LogP) is 1.21. The van der Waals surface area contributed by atoms with Crippen LogP contribution in [0.1, 0.15) is 0 Å². The van der Waals surface area contributed by atoms with Gasteiger partial charge >= 0.3 is 0 Å². The van der Waals surface area contributed by atoms with Gasteiger partial charge in [0.15, 0.2) is 8.32 Å². The molecule has 1 aliphatic heterocycles. The first-order valence-corrected chi connectivity index (χ1v) is 9.41. The maximum absolute atomic E-state index is 11.6. The fraction of sp³-hybridized carbons (Fsp3) is 0.462. The molecule has 0 bridgehead atoms. The molecular formula is C13H17NO3Si. The lowest BCUT2D eigenvalue weighted by atomic mass is 9.82. The molecule has 5 heteroatoms. The van der Waals surface area contributed by atoms with E-state index in [0.717, 1.165) is 0 Å². The zero-order valence-corrected chi connectivity index (χ0v) is 11.8. The molecule has 3 atom stereocenters. The van der Waals surface area contributed by atoms with Gasteiger partial charge in [-0.05, 0) is 25.7 Å². The molecule has 0 spiro atoms. The number of rotatable bonds is 3. The van der Waals surface area contributed by atoms with Crippen LogP contribution in [0.2, 0.25) is 19.6 Å². The zero-order chi connectivity index (χ0) is 13.3. The lowest BCUT2D eigenvalue weighted by molar-refractivity contribution is -0.141. The summed E-state index contributed by atoms with van der Waals surface area (Å²) in [4.78, 5) is 22.5. The van der Waals surface area contributed by atoms with Crippen LogP contribution in [-0.4, -0.2) is 32.3 Å². The van der Waals surface area contributed by atoms with Gasteiger partial charge in [-0.3, -0.25) is 4.79 Å². The van der Waals surface area contributed by atoms with Crippen molar-refractivity contribution in [2.24, 2.45) is 5.92 Å². The van der Waals surface area contributed by atoms with Gasteiger partial charge in [-0.1, -0.05) is 18.2 Å².